The van der Waals surface area contributed by atoms with Crippen molar-refractivity contribution in [3.05, 3.63) is 0 Å². The molecule has 0 spiro atoms. The molecule has 2 amide bonds. The van der Waals surface area contributed by atoms with Gasteiger partial charge in [-0.3, -0.25) is 4.79 Å². The Kier molecular flexibility index (Phi) is 5.44. The van der Waals surface area contributed by atoms with Gasteiger partial charge in [0.15, 0.2) is 0 Å². The molecule has 104 valence electrons. The van der Waals surface area contributed by atoms with Gasteiger partial charge in [0.05, 0.1) is 5.92 Å². The molecular formula is C13H24N2O3. The molecule has 5 nitrogen and oxygen atoms in total. The minimum atomic E-state index is -0.835. The minimum Gasteiger partial charge on any atom is -0.481 e. The molecule has 0 aromatic rings. The van der Waals surface area contributed by atoms with Gasteiger partial charge < -0.3 is 15.3 Å². The van der Waals surface area contributed by atoms with E-state index in [9.17, 15) is 9.59 Å². The highest BCUT2D eigenvalue weighted by molar-refractivity contribution is 5.76. The van der Waals surface area contributed by atoms with Gasteiger partial charge in [-0.15, -0.1) is 0 Å². The number of hydrogen-bond acceptors (Lipinski definition) is 2. The maximum Gasteiger partial charge on any atom is 0.317 e. The van der Waals surface area contributed by atoms with Crippen LogP contribution in [0.4, 0.5) is 4.79 Å². The summed E-state index contributed by atoms with van der Waals surface area (Å²) in [4.78, 5) is 24.7. The summed E-state index contributed by atoms with van der Waals surface area (Å²) in [6.45, 7) is 6.99. The zero-order valence-corrected chi connectivity index (χ0v) is 11.5. The Morgan fingerprint density at radius 3 is 2.56 bits per heavy atom. The highest BCUT2D eigenvalue weighted by atomic mass is 16.4. The number of rotatable bonds is 5. The van der Waals surface area contributed by atoms with Crippen LogP contribution in [0.5, 0.6) is 0 Å². The summed E-state index contributed by atoms with van der Waals surface area (Å²) < 4.78 is 0. The van der Waals surface area contributed by atoms with Gasteiger partial charge in [-0.2, -0.15) is 0 Å². The molecule has 1 fully saturated rings. The van der Waals surface area contributed by atoms with Crippen LogP contribution in [0.25, 0.3) is 0 Å². The number of urea groups is 1. The van der Waals surface area contributed by atoms with E-state index in [0.717, 1.165) is 19.4 Å². The number of nitrogens with zero attached hydrogens (tertiary/aromatic N) is 1. The predicted molar refractivity (Wildman–Crippen MR) is 69.4 cm³/mol. The summed E-state index contributed by atoms with van der Waals surface area (Å²) in [5.41, 5.74) is 0. The van der Waals surface area contributed by atoms with Crippen molar-refractivity contribution in [3.63, 3.8) is 0 Å². The van der Waals surface area contributed by atoms with Crippen molar-refractivity contribution in [1.82, 2.24) is 10.2 Å². The van der Waals surface area contributed by atoms with E-state index < -0.39 is 11.9 Å². The third kappa shape index (κ3) is 4.20. The maximum absolute atomic E-state index is 11.9. The molecule has 0 aromatic heterocycles. The van der Waals surface area contributed by atoms with E-state index in [1.807, 2.05) is 20.8 Å². The number of nitrogens with one attached hydrogen (secondary N) is 1. The lowest BCUT2D eigenvalue weighted by atomic mass is 9.97. The number of amides is 2. The van der Waals surface area contributed by atoms with Crippen molar-refractivity contribution in [3.8, 4) is 0 Å². The molecule has 1 aliphatic rings. The number of carbonyl (C=O) groups is 2. The van der Waals surface area contributed by atoms with Crippen LogP contribution in [0.1, 0.15) is 40.0 Å². The lowest BCUT2D eigenvalue weighted by Crippen LogP contribution is -2.44. The highest BCUT2D eigenvalue weighted by Gasteiger charge is 2.26. The molecule has 1 rings (SSSR count). The molecule has 2 unspecified atom stereocenters. The molecule has 2 atom stereocenters. The quantitative estimate of drug-likeness (QED) is 0.789. The van der Waals surface area contributed by atoms with Crippen LogP contribution in [0, 0.1) is 11.8 Å². The maximum atomic E-state index is 11.9. The number of carbonyl (C=O) groups excluding carboxylic acids is 1. The Balaban J connectivity index is 2.41. The van der Waals surface area contributed by atoms with Crippen LogP contribution >= 0.6 is 0 Å². The average Bonchev–Trinajstić information content (AvgIpc) is 2.69. The predicted octanol–water partition coefficient (Wildman–Crippen LogP) is 1.93. The normalized spacial score (nSPS) is 21.1. The molecule has 1 heterocycles. The van der Waals surface area contributed by atoms with Crippen molar-refractivity contribution in [2.24, 2.45) is 11.8 Å². The number of carboxylic acid groups (broad SMARTS) is 1. The Bertz CT molecular complexity index is 305. The zero-order valence-electron chi connectivity index (χ0n) is 11.5. The fourth-order valence-corrected chi connectivity index (χ4v) is 2.39. The molecule has 0 bridgehead atoms. The number of hydrogen-bond donors (Lipinski definition) is 2. The van der Waals surface area contributed by atoms with Gasteiger partial charge in [-0.25, -0.2) is 4.79 Å². The second-order valence-corrected chi connectivity index (χ2v) is 5.54. The summed E-state index contributed by atoms with van der Waals surface area (Å²) in [5.74, 6) is -1.01. The van der Waals surface area contributed by atoms with Crippen LogP contribution in [0.2, 0.25) is 0 Å². The lowest BCUT2D eigenvalue weighted by Gasteiger charge is -2.23. The van der Waals surface area contributed by atoms with E-state index in [1.165, 1.54) is 0 Å². The van der Waals surface area contributed by atoms with E-state index in [-0.39, 0.29) is 18.6 Å². The van der Waals surface area contributed by atoms with Gasteiger partial charge in [0.1, 0.15) is 0 Å². The van der Waals surface area contributed by atoms with Crippen LogP contribution in [0.15, 0.2) is 0 Å². The van der Waals surface area contributed by atoms with Crippen molar-refractivity contribution < 1.29 is 14.7 Å². The van der Waals surface area contributed by atoms with E-state index >= 15 is 0 Å². The van der Waals surface area contributed by atoms with Gasteiger partial charge in [0, 0.05) is 19.1 Å². The second kappa shape index (κ2) is 6.61. The van der Waals surface area contributed by atoms with Crippen LogP contribution < -0.4 is 5.32 Å². The summed E-state index contributed by atoms with van der Waals surface area (Å²) in [5, 5.41) is 11.8. The van der Waals surface area contributed by atoms with E-state index in [2.05, 4.69) is 5.32 Å². The molecule has 18 heavy (non-hydrogen) atoms. The van der Waals surface area contributed by atoms with Gasteiger partial charge in [-0.05, 0) is 32.1 Å². The number of aliphatic carboxylic acids is 1. The van der Waals surface area contributed by atoms with Gasteiger partial charge in [0.25, 0.3) is 0 Å². The molecule has 5 heteroatoms. The molecular weight excluding hydrogens is 232 g/mol. The fraction of sp³-hybridized carbons (Fsp3) is 0.846. The monoisotopic (exact) mass is 256 g/mol. The summed E-state index contributed by atoms with van der Waals surface area (Å²) in [6.07, 6.45) is 2.65. The second-order valence-electron chi connectivity index (χ2n) is 5.54. The van der Waals surface area contributed by atoms with Gasteiger partial charge in [0.2, 0.25) is 0 Å². The van der Waals surface area contributed by atoms with Crippen molar-refractivity contribution >= 4 is 12.0 Å². The molecule has 1 aliphatic heterocycles. The first-order valence-corrected chi connectivity index (χ1v) is 6.69. The molecule has 1 saturated heterocycles. The minimum absolute atomic E-state index is 0.130. The molecule has 0 saturated carbocycles. The standard InChI is InChI=1S/C13H24N2O3/c1-9(2)7-11(12(16)17)8-14-13(18)15-6-4-5-10(15)3/h9-11H,4-8H2,1-3H3,(H,14,18)(H,16,17). The summed E-state index contributed by atoms with van der Waals surface area (Å²) in [6, 6.07) is 0.133. The highest BCUT2D eigenvalue weighted by Crippen LogP contribution is 2.16. The van der Waals surface area contributed by atoms with Crippen LogP contribution in [0.3, 0.4) is 0 Å². The molecule has 2 N–H and O–H groups in total. The van der Waals surface area contributed by atoms with Crippen molar-refractivity contribution in [2.45, 2.75) is 46.1 Å². The third-order valence-electron chi connectivity index (χ3n) is 3.42. The summed E-state index contributed by atoms with van der Waals surface area (Å²) >= 11 is 0. The number of carboxylic acids is 1. The van der Waals surface area contributed by atoms with E-state index in [4.69, 9.17) is 5.11 Å². The first-order valence-electron chi connectivity index (χ1n) is 6.69. The van der Waals surface area contributed by atoms with Gasteiger partial charge >= 0.3 is 12.0 Å². The fourth-order valence-electron chi connectivity index (χ4n) is 2.39. The Hall–Kier alpha value is -1.26. The number of likely N-dealkylation sites (tertiary alicyclic amines) is 1. The molecule has 0 aliphatic carbocycles. The first-order chi connectivity index (χ1) is 8.41. The lowest BCUT2D eigenvalue weighted by molar-refractivity contribution is -0.142. The molecule has 0 radical (unpaired) electrons. The van der Waals surface area contributed by atoms with Crippen LogP contribution in [-0.2, 0) is 4.79 Å². The van der Waals surface area contributed by atoms with Crippen LogP contribution in [-0.4, -0.2) is 41.1 Å². The summed E-state index contributed by atoms with van der Waals surface area (Å²) in [7, 11) is 0. The average molecular weight is 256 g/mol. The largest absolute Gasteiger partial charge is 0.481 e. The zero-order chi connectivity index (χ0) is 13.7. The van der Waals surface area contributed by atoms with Crippen molar-refractivity contribution in [1.29, 1.82) is 0 Å². The van der Waals surface area contributed by atoms with E-state index in [0.29, 0.717) is 12.3 Å². The smallest absolute Gasteiger partial charge is 0.317 e. The van der Waals surface area contributed by atoms with Gasteiger partial charge in [-0.1, -0.05) is 13.8 Å². The Labute approximate surface area is 109 Å². The molecule has 0 aromatic carbocycles. The third-order valence-corrected chi connectivity index (χ3v) is 3.42. The van der Waals surface area contributed by atoms with E-state index in [1.54, 1.807) is 4.90 Å². The Morgan fingerprint density at radius 1 is 1.44 bits per heavy atom. The Morgan fingerprint density at radius 2 is 2.11 bits per heavy atom. The van der Waals surface area contributed by atoms with Crippen molar-refractivity contribution in [2.75, 3.05) is 13.1 Å². The topological polar surface area (TPSA) is 69.6 Å². The SMILES string of the molecule is CC(C)CC(CNC(=O)N1CCCC1C)C(=O)O. The first kappa shape index (κ1) is 14.8.